The molecule has 0 amide bonds. The topological polar surface area (TPSA) is 30.8 Å². The van der Waals surface area contributed by atoms with Gasteiger partial charge in [-0.2, -0.15) is 0 Å². The number of rotatable bonds is 6. The van der Waals surface area contributed by atoms with Crippen LogP contribution in [0.25, 0.3) is 0 Å². The maximum atomic E-state index is 5.18. The average Bonchev–Trinajstić information content (AvgIpc) is 2.64. The summed E-state index contributed by atoms with van der Waals surface area (Å²) in [4.78, 5) is 4.38. The lowest BCUT2D eigenvalue weighted by Gasteiger charge is -2.07. The van der Waals surface area contributed by atoms with Gasteiger partial charge in [0.25, 0.3) is 0 Å². The van der Waals surface area contributed by atoms with Crippen LogP contribution < -0.4 is 0 Å². The Balaban J connectivity index is 2.07. The molecule has 0 fully saturated rings. The van der Waals surface area contributed by atoms with Crippen LogP contribution in [0.5, 0.6) is 0 Å². The van der Waals surface area contributed by atoms with Gasteiger partial charge in [-0.1, -0.05) is 6.58 Å². The van der Waals surface area contributed by atoms with Gasteiger partial charge in [0.1, 0.15) is 0 Å². The van der Waals surface area contributed by atoms with Gasteiger partial charge < -0.3 is 9.47 Å². The highest BCUT2D eigenvalue weighted by molar-refractivity contribution is 5.85. The van der Waals surface area contributed by atoms with E-state index in [-0.39, 0.29) is 0 Å². The molecule has 0 spiro atoms. The van der Waals surface area contributed by atoms with E-state index in [2.05, 4.69) is 11.6 Å². The normalized spacial score (nSPS) is 15.6. The van der Waals surface area contributed by atoms with E-state index in [0.717, 1.165) is 31.6 Å². The number of aliphatic imine (C=N–C) groups is 1. The first-order chi connectivity index (χ1) is 6.33. The van der Waals surface area contributed by atoms with Crippen molar-refractivity contribution in [3.8, 4) is 0 Å². The Bertz CT molecular complexity index is 199. The summed E-state index contributed by atoms with van der Waals surface area (Å²) in [5.74, 6) is 0.788. The molecule has 13 heavy (non-hydrogen) atoms. The second-order valence-electron chi connectivity index (χ2n) is 3.14. The lowest BCUT2D eigenvalue weighted by molar-refractivity contribution is 0.00331. The highest BCUT2D eigenvalue weighted by Crippen LogP contribution is 2.12. The minimum absolute atomic E-state index is 0.297. The highest BCUT2D eigenvalue weighted by Gasteiger charge is 2.06. The summed E-state index contributed by atoms with van der Waals surface area (Å²) in [5, 5.41) is 0. The molecule has 0 radical (unpaired) electrons. The monoisotopic (exact) mass is 183 g/mol. The summed E-state index contributed by atoms with van der Waals surface area (Å²) < 4.78 is 9.95. The second-order valence-corrected chi connectivity index (χ2v) is 3.14. The van der Waals surface area contributed by atoms with E-state index in [1.807, 2.05) is 0 Å². The van der Waals surface area contributed by atoms with Crippen molar-refractivity contribution < 1.29 is 9.47 Å². The number of ether oxygens (including phenoxy) is 2. The van der Waals surface area contributed by atoms with Crippen molar-refractivity contribution in [3.05, 3.63) is 12.3 Å². The molecule has 0 aromatic heterocycles. The Morgan fingerprint density at radius 1 is 1.62 bits per heavy atom. The maximum absolute atomic E-state index is 5.18. The van der Waals surface area contributed by atoms with Crippen LogP contribution in [-0.2, 0) is 9.47 Å². The molecule has 74 valence electrons. The van der Waals surface area contributed by atoms with Gasteiger partial charge >= 0.3 is 0 Å². The lowest BCUT2D eigenvalue weighted by atomic mass is 10.1. The van der Waals surface area contributed by atoms with Crippen molar-refractivity contribution in [1.29, 1.82) is 0 Å². The number of nitrogens with zero attached hydrogens (tertiary/aromatic N) is 1. The molecular weight excluding hydrogens is 166 g/mol. The van der Waals surface area contributed by atoms with Crippen molar-refractivity contribution in [2.45, 2.75) is 25.7 Å². The molecule has 0 saturated carbocycles. The minimum Gasteiger partial charge on any atom is -0.473 e. The van der Waals surface area contributed by atoms with E-state index in [4.69, 9.17) is 9.47 Å². The Hall–Kier alpha value is -0.830. The average molecular weight is 183 g/mol. The number of methoxy groups -OCH3 is 1. The first-order valence-corrected chi connectivity index (χ1v) is 4.64. The molecule has 0 unspecified atom stereocenters. The predicted molar refractivity (Wildman–Crippen MR) is 52.9 cm³/mol. The molecule has 1 aliphatic rings. The van der Waals surface area contributed by atoms with Crippen LogP contribution in [-0.4, -0.2) is 26.2 Å². The van der Waals surface area contributed by atoms with Crippen LogP contribution in [0.1, 0.15) is 25.7 Å². The molecule has 0 saturated heterocycles. The molecule has 0 aromatic carbocycles. The van der Waals surface area contributed by atoms with Crippen LogP contribution in [0.2, 0.25) is 0 Å². The van der Waals surface area contributed by atoms with Crippen LogP contribution in [0, 0.1) is 0 Å². The lowest BCUT2D eigenvalue weighted by Crippen LogP contribution is -1.99. The van der Waals surface area contributed by atoms with Gasteiger partial charge in [0.05, 0.1) is 5.76 Å². The number of hydrogen-bond donors (Lipinski definition) is 0. The summed E-state index contributed by atoms with van der Waals surface area (Å²) >= 11 is 0. The molecule has 0 bridgehead atoms. The molecule has 0 N–H and O–H groups in total. The van der Waals surface area contributed by atoms with Crippen molar-refractivity contribution in [2.75, 3.05) is 20.4 Å². The molecule has 1 heterocycles. The molecule has 1 aliphatic heterocycles. The number of hydrogen-bond acceptors (Lipinski definition) is 3. The minimum atomic E-state index is 0.297. The molecular formula is C10H17NO2. The first kappa shape index (κ1) is 10.3. The van der Waals surface area contributed by atoms with E-state index < -0.39 is 0 Å². The molecule has 1 rings (SSSR count). The van der Waals surface area contributed by atoms with Crippen molar-refractivity contribution in [3.63, 3.8) is 0 Å². The smallest absolute Gasteiger partial charge is 0.188 e. The predicted octanol–water partition coefficient (Wildman–Crippen LogP) is 2.14. The summed E-state index contributed by atoms with van der Waals surface area (Å²) in [5.41, 5.74) is 1.31. The standard InChI is InChI=1S/C10H17NO2/c1-9(13-8-12-2)5-6-10-4-3-7-11-10/h1,3-8H2,2H3. The fraction of sp³-hybridized carbons (Fsp3) is 0.700. The molecule has 0 aliphatic carbocycles. The van der Waals surface area contributed by atoms with Crippen LogP contribution in [0.4, 0.5) is 0 Å². The largest absolute Gasteiger partial charge is 0.473 e. The zero-order chi connectivity index (χ0) is 9.52. The van der Waals surface area contributed by atoms with Crippen molar-refractivity contribution >= 4 is 5.71 Å². The zero-order valence-corrected chi connectivity index (χ0v) is 8.21. The van der Waals surface area contributed by atoms with Gasteiger partial charge in [-0.25, -0.2) is 0 Å². The van der Waals surface area contributed by atoms with Crippen molar-refractivity contribution in [1.82, 2.24) is 0 Å². The fourth-order valence-corrected chi connectivity index (χ4v) is 1.30. The van der Waals surface area contributed by atoms with E-state index in [9.17, 15) is 0 Å². The molecule has 3 heteroatoms. The van der Waals surface area contributed by atoms with E-state index >= 15 is 0 Å². The molecule has 0 aromatic rings. The summed E-state index contributed by atoms with van der Waals surface area (Å²) in [6.07, 6.45) is 4.21. The maximum Gasteiger partial charge on any atom is 0.188 e. The van der Waals surface area contributed by atoms with Gasteiger partial charge in [0, 0.05) is 25.8 Å². The Morgan fingerprint density at radius 2 is 2.46 bits per heavy atom. The summed E-state index contributed by atoms with van der Waals surface area (Å²) in [7, 11) is 1.61. The van der Waals surface area contributed by atoms with E-state index in [1.165, 1.54) is 12.1 Å². The van der Waals surface area contributed by atoms with E-state index in [1.54, 1.807) is 7.11 Å². The second kappa shape index (κ2) is 5.75. The summed E-state index contributed by atoms with van der Waals surface area (Å²) in [6.45, 7) is 5.09. The van der Waals surface area contributed by atoms with Crippen LogP contribution in [0.15, 0.2) is 17.3 Å². The van der Waals surface area contributed by atoms with E-state index in [0.29, 0.717) is 6.79 Å². The first-order valence-electron chi connectivity index (χ1n) is 4.64. The van der Waals surface area contributed by atoms with Gasteiger partial charge in [0.2, 0.25) is 0 Å². The van der Waals surface area contributed by atoms with Crippen molar-refractivity contribution in [2.24, 2.45) is 4.99 Å². The Morgan fingerprint density at radius 3 is 3.08 bits per heavy atom. The molecule has 0 atom stereocenters. The van der Waals surface area contributed by atoms with Gasteiger partial charge in [0.15, 0.2) is 6.79 Å². The van der Waals surface area contributed by atoms with Crippen LogP contribution in [0.3, 0.4) is 0 Å². The number of allylic oxidation sites excluding steroid dienone is 1. The van der Waals surface area contributed by atoms with Crippen LogP contribution >= 0.6 is 0 Å². The van der Waals surface area contributed by atoms with Gasteiger partial charge in [-0.3, -0.25) is 4.99 Å². The Labute approximate surface area is 79.5 Å². The van der Waals surface area contributed by atoms with Gasteiger partial charge in [-0.15, -0.1) is 0 Å². The third-order valence-electron chi connectivity index (χ3n) is 2.03. The fourth-order valence-electron chi connectivity index (χ4n) is 1.30. The Kier molecular flexibility index (Phi) is 4.54. The SMILES string of the molecule is C=C(CCC1=NCCC1)OCOC. The quantitative estimate of drug-likeness (QED) is 0.466. The van der Waals surface area contributed by atoms with Gasteiger partial charge in [-0.05, 0) is 19.3 Å². The highest BCUT2D eigenvalue weighted by atomic mass is 16.7. The molecule has 3 nitrogen and oxygen atoms in total. The third kappa shape index (κ3) is 4.08. The third-order valence-corrected chi connectivity index (χ3v) is 2.03. The zero-order valence-electron chi connectivity index (χ0n) is 8.21. The summed E-state index contributed by atoms with van der Waals surface area (Å²) in [6, 6.07) is 0.